The molecule has 0 saturated carbocycles. The first-order chi connectivity index (χ1) is 17.1. The molecule has 176 valence electrons. The topological polar surface area (TPSA) is 92.1 Å². The van der Waals surface area contributed by atoms with Crippen LogP contribution in [-0.2, 0) is 11.3 Å². The lowest BCUT2D eigenvalue weighted by atomic mass is 10.0. The van der Waals surface area contributed by atoms with Gasteiger partial charge in [-0.15, -0.1) is 4.73 Å². The molecule has 0 unspecified atom stereocenters. The Kier molecular flexibility index (Phi) is 6.16. The summed E-state index contributed by atoms with van der Waals surface area (Å²) in [5, 5.41) is 0.913. The lowest BCUT2D eigenvalue weighted by molar-refractivity contribution is -0.141. The number of nitrogens with two attached hydrogens (primary N) is 1. The van der Waals surface area contributed by atoms with Crippen molar-refractivity contribution in [1.82, 2.24) is 14.3 Å². The van der Waals surface area contributed by atoms with E-state index in [0.29, 0.717) is 23.1 Å². The summed E-state index contributed by atoms with van der Waals surface area (Å²) in [7, 11) is 0. The maximum atomic E-state index is 13.7. The maximum Gasteiger partial charge on any atom is 0.330 e. The fraction of sp³-hybridized carbons (Fsp3) is 0.179. The normalized spacial score (nSPS) is 11.3. The standard InChI is InChI=1S/C28H26N4O3/c1-19(33)35-32-25-15-9-13-21(20-10-3-2-4-11-20)26(25)30-27(28(32)34)23-18-31(17-8-7-16-29)24-14-6-5-12-22(23)24/h2-6,9-15,18H,7-8,16-17,29H2,1H3. The average molecular weight is 467 g/mol. The number of hydrogen-bond donors (Lipinski definition) is 1. The molecule has 0 aliphatic heterocycles. The molecule has 2 heterocycles. The van der Waals surface area contributed by atoms with E-state index >= 15 is 0 Å². The number of aromatic nitrogens is 3. The lowest BCUT2D eigenvalue weighted by Crippen LogP contribution is -2.31. The van der Waals surface area contributed by atoms with Gasteiger partial charge in [0.05, 0.1) is 5.52 Å². The van der Waals surface area contributed by atoms with Crippen LogP contribution < -0.4 is 16.1 Å². The summed E-state index contributed by atoms with van der Waals surface area (Å²) >= 11 is 0. The van der Waals surface area contributed by atoms with Gasteiger partial charge in [0.15, 0.2) is 0 Å². The van der Waals surface area contributed by atoms with E-state index in [4.69, 9.17) is 15.6 Å². The molecule has 0 fully saturated rings. The van der Waals surface area contributed by atoms with Gasteiger partial charge in [-0.1, -0.05) is 60.7 Å². The molecule has 0 spiro atoms. The molecule has 0 aliphatic carbocycles. The molecule has 0 aliphatic rings. The van der Waals surface area contributed by atoms with Crippen LogP contribution in [0.25, 0.3) is 44.3 Å². The predicted octanol–water partition coefficient (Wildman–Crippen LogP) is 4.40. The highest BCUT2D eigenvalue weighted by atomic mass is 16.7. The number of rotatable bonds is 7. The Hall–Kier alpha value is -4.23. The molecular formula is C28H26N4O3. The van der Waals surface area contributed by atoms with E-state index in [-0.39, 0.29) is 5.69 Å². The number of unbranched alkanes of at least 4 members (excludes halogenated alkanes) is 1. The van der Waals surface area contributed by atoms with Gasteiger partial charge in [-0.3, -0.25) is 4.79 Å². The van der Waals surface area contributed by atoms with E-state index in [2.05, 4.69) is 4.57 Å². The average Bonchev–Trinajstić information content (AvgIpc) is 3.24. The van der Waals surface area contributed by atoms with Crippen LogP contribution in [0.2, 0.25) is 0 Å². The largest absolute Gasteiger partial charge is 0.347 e. The Morgan fingerprint density at radius 2 is 1.66 bits per heavy atom. The number of carbonyl (C=O) groups is 1. The molecule has 0 atom stereocenters. The van der Waals surface area contributed by atoms with Crippen molar-refractivity contribution in [2.24, 2.45) is 5.73 Å². The van der Waals surface area contributed by atoms with Gasteiger partial charge >= 0.3 is 11.5 Å². The lowest BCUT2D eigenvalue weighted by Gasteiger charge is -2.13. The molecule has 0 amide bonds. The van der Waals surface area contributed by atoms with Crippen LogP contribution in [0.1, 0.15) is 19.8 Å². The summed E-state index contributed by atoms with van der Waals surface area (Å²) in [6.45, 7) is 2.69. The van der Waals surface area contributed by atoms with Crippen molar-refractivity contribution >= 4 is 27.9 Å². The van der Waals surface area contributed by atoms with E-state index in [1.165, 1.54) is 6.92 Å². The monoisotopic (exact) mass is 466 g/mol. The van der Waals surface area contributed by atoms with Gasteiger partial charge < -0.3 is 15.1 Å². The van der Waals surface area contributed by atoms with E-state index in [1.807, 2.05) is 72.9 Å². The third-order valence-corrected chi connectivity index (χ3v) is 6.05. The van der Waals surface area contributed by atoms with Crippen molar-refractivity contribution in [2.45, 2.75) is 26.3 Å². The minimum absolute atomic E-state index is 0.232. The second-order valence-corrected chi connectivity index (χ2v) is 8.43. The van der Waals surface area contributed by atoms with Crippen molar-refractivity contribution < 1.29 is 9.63 Å². The second kappa shape index (κ2) is 9.56. The van der Waals surface area contributed by atoms with Crippen molar-refractivity contribution in [1.29, 1.82) is 0 Å². The predicted molar refractivity (Wildman–Crippen MR) is 138 cm³/mol. The number of carbonyl (C=O) groups excluding carboxylic acids is 1. The van der Waals surface area contributed by atoms with E-state index in [1.54, 1.807) is 6.07 Å². The summed E-state index contributed by atoms with van der Waals surface area (Å²) in [5.41, 5.74) is 9.95. The zero-order valence-electron chi connectivity index (χ0n) is 19.5. The van der Waals surface area contributed by atoms with Crippen LogP contribution in [0.3, 0.4) is 0 Å². The molecule has 7 heteroatoms. The smallest absolute Gasteiger partial charge is 0.330 e. The number of benzene rings is 3. The van der Waals surface area contributed by atoms with Crippen molar-refractivity contribution in [2.75, 3.05) is 6.54 Å². The van der Waals surface area contributed by atoms with Crippen molar-refractivity contribution in [3.05, 3.63) is 89.3 Å². The highest BCUT2D eigenvalue weighted by Crippen LogP contribution is 2.32. The van der Waals surface area contributed by atoms with Gasteiger partial charge in [-0.2, -0.15) is 0 Å². The number of fused-ring (bicyclic) bond motifs is 2. The molecule has 0 saturated heterocycles. The van der Waals surface area contributed by atoms with Gasteiger partial charge in [0, 0.05) is 41.7 Å². The maximum absolute atomic E-state index is 13.7. The van der Waals surface area contributed by atoms with Crippen LogP contribution in [0.15, 0.2) is 83.8 Å². The zero-order valence-corrected chi connectivity index (χ0v) is 19.5. The number of hydrogen-bond acceptors (Lipinski definition) is 5. The Bertz CT molecular complexity index is 1590. The number of aryl methyl sites for hydroxylation is 1. The summed E-state index contributed by atoms with van der Waals surface area (Å²) in [5.74, 6) is -0.583. The summed E-state index contributed by atoms with van der Waals surface area (Å²) in [6, 6.07) is 23.3. The van der Waals surface area contributed by atoms with Crippen LogP contribution >= 0.6 is 0 Å². The van der Waals surface area contributed by atoms with E-state index < -0.39 is 11.5 Å². The zero-order chi connectivity index (χ0) is 24.4. The van der Waals surface area contributed by atoms with Crippen LogP contribution in [-0.4, -0.2) is 26.8 Å². The first-order valence-corrected chi connectivity index (χ1v) is 11.7. The van der Waals surface area contributed by atoms with Gasteiger partial charge in [0.1, 0.15) is 11.2 Å². The third kappa shape index (κ3) is 4.22. The van der Waals surface area contributed by atoms with E-state index in [9.17, 15) is 9.59 Å². The fourth-order valence-corrected chi connectivity index (χ4v) is 4.47. The minimum Gasteiger partial charge on any atom is -0.347 e. The Morgan fingerprint density at radius 3 is 2.43 bits per heavy atom. The fourth-order valence-electron chi connectivity index (χ4n) is 4.47. The molecule has 35 heavy (non-hydrogen) atoms. The highest BCUT2D eigenvalue weighted by Gasteiger charge is 2.21. The molecule has 2 aromatic heterocycles. The quantitative estimate of drug-likeness (QED) is 0.359. The molecular weight excluding hydrogens is 440 g/mol. The molecule has 7 nitrogen and oxygen atoms in total. The molecule has 3 aromatic carbocycles. The van der Waals surface area contributed by atoms with Gasteiger partial charge in [-0.25, -0.2) is 9.78 Å². The van der Waals surface area contributed by atoms with Crippen LogP contribution in [0.4, 0.5) is 0 Å². The minimum atomic E-state index is -0.583. The summed E-state index contributed by atoms with van der Waals surface area (Å²) in [6.07, 6.45) is 3.80. The molecule has 5 aromatic rings. The number of para-hydroxylation sites is 2. The van der Waals surface area contributed by atoms with Gasteiger partial charge in [-0.05, 0) is 37.1 Å². The summed E-state index contributed by atoms with van der Waals surface area (Å²) in [4.78, 5) is 35.9. The van der Waals surface area contributed by atoms with Crippen LogP contribution in [0.5, 0.6) is 0 Å². The molecule has 0 bridgehead atoms. The first-order valence-electron chi connectivity index (χ1n) is 11.7. The molecule has 0 radical (unpaired) electrons. The molecule has 2 N–H and O–H groups in total. The molecule has 5 rings (SSSR count). The van der Waals surface area contributed by atoms with Crippen molar-refractivity contribution in [3.8, 4) is 22.4 Å². The third-order valence-electron chi connectivity index (χ3n) is 6.05. The summed E-state index contributed by atoms with van der Waals surface area (Å²) < 4.78 is 3.19. The highest BCUT2D eigenvalue weighted by molar-refractivity contribution is 5.98. The SMILES string of the molecule is CC(=O)On1c(=O)c(-c2cn(CCCCN)c3ccccc23)nc2c(-c3ccccc3)cccc21. The second-order valence-electron chi connectivity index (χ2n) is 8.43. The van der Waals surface area contributed by atoms with E-state index in [0.717, 1.165) is 46.1 Å². The first kappa shape index (κ1) is 22.6. The van der Waals surface area contributed by atoms with Gasteiger partial charge in [0.2, 0.25) is 0 Å². The Labute approximate surface area is 202 Å². The number of nitrogens with zero attached hydrogens (tertiary/aromatic N) is 3. The van der Waals surface area contributed by atoms with Crippen molar-refractivity contribution in [3.63, 3.8) is 0 Å². The Balaban J connectivity index is 1.80. The Morgan fingerprint density at radius 1 is 0.914 bits per heavy atom. The van der Waals surface area contributed by atoms with Gasteiger partial charge in [0.25, 0.3) is 0 Å². The van der Waals surface area contributed by atoms with Crippen LogP contribution in [0, 0.1) is 0 Å².